The van der Waals surface area contributed by atoms with Crippen molar-refractivity contribution in [2.75, 3.05) is 0 Å². The molecule has 1 fully saturated rings. The normalized spacial score (nSPS) is 29.6. The van der Waals surface area contributed by atoms with Crippen molar-refractivity contribution >= 4 is 18.3 Å². The number of hydrogen-bond donors (Lipinski definition) is 2. The van der Waals surface area contributed by atoms with Crippen LogP contribution in [-0.2, 0) is 11.2 Å². The highest BCUT2D eigenvalue weighted by Crippen LogP contribution is 2.56. The molecule has 0 spiro atoms. The van der Waals surface area contributed by atoms with E-state index in [1.165, 1.54) is 11.1 Å². The second kappa shape index (κ2) is 4.31. The minimum atomic E-state index is -0.406. The van der Waals surface area contributed by atoms with E-state index < -0.39 is 6.04 Å². The topological polar surface area (TPSA) is 55.1 Å². The molecule has 2 aliphatic carbocycles. The maximum absolute atomic E-state index is 11.5. The lowest BCUT2D eigenvalue weighted by molar-refractivity contribution is -0.122. The van der Waals surface area contributed by atoms with Crippen LogP contribution in [0.15, 0.2) is 24.3 Å². The van der Waals surface area contributed by atoms with E-state index in [4.69, 9.17) is 5.73 Å². The van der Waals surface area contributed by atoms with Gasteiger partial charge in [-0.15, -0.1) is 12.4 Å². The van der Waals surface area contributed by atoms with Gasteiger partial charge in [-0.2, -0.15) is 0 Å². The number of nitrogens with two attached hydrogens (primary N) is 1. The minimum absolute atomic E-state index is 0. The molecule has 1 amide bonds. The molecule has 3 unspecified atom stereocenters. The molecular formula is C13H17ClN2O. The van der Waals surface area contributed by atoms with Crippen LogP contribution in [0.2, 0.25) is 0 Å². The Labute approximate surface area is 107 Å². The zero-order valence-corrected chi connectivity index (χ0v) is 10.5. The molecule has 3 N–H and O–H groups in total. The van der Waals surface area contributed by atoms with E-state index in [2.05, 4.69) is 29.6 Å². The summed E-state index contributed by atoms with van der Waals surface area (Å²) in [6.07, 6.45) is 1.10. The number of amides is 1. The molecule has 0 aliphatic heterocycles. The fourth-order valence-corrected chi connectivity index (χ4v) is 2.84. The van der Waals surface area contributed by atoms with Crippen LogP contribution in [-0.4, -0.2) is 18.0 Å². The molecule has 0 aromatic heterocycles. The summed E-state index contributed by atoms with van der Waals surface area (Å²) >= 11 is 0. The van der Waals surface area contributed by atoms with E-state index in [0.717, 1.165) is 6.42 Å². The summed E-state index contributed by atoms with van der Waals surface area (Å²) in [5.74, 6) is 1.12. The fraction of sp³-hybridized carbons (Fsp3) is 0.462. The number of rotatable bonds is 2. The third-order valence-corrected chi connectivity index (χ3v) is 3.76. The van der Waals surface area contributed by atoms with Crippen LogP contribution in [0.4, 0.5) is 0 Å². The molecule has 1 saturated carbocycles. The van der Waals surface area contributed by atoms with Gasteiger partial charge in [-0.3, -0.25) is 4.79 Å². The summed E-state index contributed by atoms with van der Waals surface area (Å²) in [5, 5.41) is 3.03. The van der Waals surface area contributed by atoms with Crippen LogP contribution in [0.3, 0.4) is 0 Å². The zero-order chi connectivity index (χ0) is 11.3. The van der Waals surface area contributed by atoms with E-state index in [0.29, 0.717) is 17.9 Å². The van der Waals surface area contributed by atoms with Gasteiger partial charge in [0.25, 0.3) is 0 Å². The molecule has 2 aliphatic rings. The van der Waals surface area contributed by atoms with Crippen LogP contribution in [0, 0.1) is 5.92 Å². The molecule has 3 rings (SSSR count). The Morgan fingerprint density at radius 3 is 2.88 bits per heavy atom. The highest BCUT2D eigenvalue weighted by Gasteiger charge is 2.56. The standard InChI is InChI=1S/C13H16N2O.ClH/c1-7(14)13(16)15-12-10-6-8-4-2-3-5-9(8)11(10)12;/h2-5,7,10-12H,6,14H2,1H3,(H,15,16);1H/t7-,10?,11?,12?;/m1./s1. The van der Waals surface area contributed by atoms with E-state index in [1.54, 1.807) is 6.92 Å². The van der Waals surface area contributed by atoms with Crippen molar-refractivity contribution in [2.24, 2.45) is 11.7 Å². The second-order valence-electron chi connectivity index (χ2n) is 4.92. The largest absolute Gasteiger partial charge is 0.351 e. The van der Waals surface area contributed by atoms with Crippen LogP contribution >= 0.6 is 12.4 Å². The lowest BCUT2D eigenvalue weighted by Gasteiger charge is -2.11. The summed E-state index contributed by atoms with van der Waals surface area (Å²) in [5.41, 5.74) is 8.41. The van der Waals surface area contributed by atoms with Gasteiger partial charge in [0.2, 0.25) is 5.91 Å². The maximum atomic E-state index is 11.5. The number of benzene rings is 1. The minimum Gasteiger partial charge on any atom is -0.351 e. The van der Waals surface area contributed by atoms with E-state index >= 15 is 0 Å². The molecule has 17 heavy (non-hydrogen) atoms. The van der Waals surface area contributed by atoms with Crippen molar-refractivity contribution in [3.05, 3.63) is 35.4 Å². The summed E-state index contributed by atoms with van der Waals surface area (Å²) in [6, 6.07) is 8.44. The predicted molar refractivity (Wildman–Crippen MR) is 69.2 cm³/mol. The number of fused-ring (bicyclic) bond motifs is 3. The smallest absolute Gasteiger partial charge is 0.236 e. The van der Waals surface area contributed by atoms with Crippen molar-refractivity contribution in [3.8, 4) is 0 Å². The molecule has 0 saturated heterocycles. The van der Waals surface area contributed by atoms with Crippen LogP contribution in [0.5, 0.6) is 0 Å². The van der Waals surface area contributed by atoms with E-state index in [1.807, 2.05) is 0 Å². The first kappa shape index (κ1) is 12.4. The fourth-order valence-electron chi connectivity index (χ4n) is 2.84. The molecule has 0 heterocycles. The van der Waals surface area contributed by atoms with Gasteiger partial charge in [0.05, 0.1) is 6.04 Å². The van der Waals surface area contributed by atoms with Gasteiger partial charge in [0, 0.05) is 12.0 Å². The number of nitrogens with one attached hydrogen (secondary N) is 1. The van der Waals surface area contributed by atoms with E-state index in [9.17, 15) is 4.79 Å². The Morgan fingerprint density at radius 1 is 1.47 bits per heavy atom. The van der Waals surface area contributed by atoms with Gasteiger partial charge in [-0.1, -0.05) is 24.3 Å². The zero-order valence-electron chi connectivity index (χ0n) is 9.72. The highest BCUT2D eigenvalue weighted by molar-refractivity contribution is 5.85. The SMILES string of the molecule is C[C@@H](N)C(=O)NC1C2Cc3ccccc3C21.Cl. The third-order valence-electron chi connectivity index (χ3n) is 3.76. The molecule has 0 radical (unpaired) electrons. The summed E-state index contributed by atoms with van der Waals surface area (Å²) < 4.78 is 0. The number of carbonyl (C=O) groups is 1. The summed E-state index contributed by atoms with van der Waals surface area (Å²) in [6.45, 7) is 1.72. The molecule has 3 nitrogen and oxygen atoms in total. The van der Waals surface area contributed by atoms with Crippen molar-refractivity contribution in [2.45, 2.75) is 31.3 Å². The van der Waals surface area contributed by atoms with Crippen molar-refractivity contribution < 1.29 is 4.79 Å². The maximum Gasteiger partial charge on any atom is 0.236 e. The van der Waals surface area contributed by atoms with Gasteiger partial charge < -0.3 is 11.1 Å². The Balaban J connectivity index is 0.00000108. The first-order chi connectivity index (χ1) is 7.68. The Kier molecular flexibility index (Phi) is 3.15. The predicted octanol–water partition coefficient (Wildman–Crippen LogP) is 1.21. The summed E-state index contributed by atoms with van der Waals surface area (Å²) in [7, 11) is 0. The first-order valence-electron chi connectivity index (χ1n) is 5.82. The molecule has 0 bridgehead atoms. The Morgan fingerprint density at radius 2 is 2.18 bits per heavy atom. The molecule has 92 valence electrons. The lowest BCUT2D eigenvalue weighted by atomic mass is 10.1. The second-order valence-corrected chi connectivity index (χ2v) is 4.92. The number of halogens is 1. The van der Waals surface area contributed by atoms with Crippen molar-refractivity contribution in [1.29, 1.82) is 0 Å². The van der Waals surface area contributed by atoms with Gasteiger partial charge >= 0.3 is 0 Å². The third kappa shape index (κ3) is 1.94. The van der Waals surface area contributed by atoms with Gasteiger partial charge in [0.1, 0.15) is 0 Å². The molecule has 1 aromatic rings. The van der Waals surface area contributed by atoms with Crippen LogP contribution < -0.4 is 11.1 Å². The Hall–Kier alpha value is -1.06. The molecular weight excluding hydrogens is 236 g/mol. The average molecular weight is 253 g/mol. The summed E-state index contributed by atoms with van der Waals surface area (Å²) in [4.78, 5) is 11.5. The van der Waals surface area contributed by atoms with Crippen molar-refractivity contribution in [1.82, 2.24) is 5.32 Å². The Bertz CT molecular complexity index is 447. The molecule has 4 atom stereocenters. The highest BCUT2D eigenvalue weighted by atomic mass is 35.5. The van der Waals surface area contributed by atoms with Crippen LogP contribution in [0.25, 0.3) is 0 Å². The van der Waals surface area contributed by atoms with Gasteiger partial charge in [-0.25, -0.2) is 0 Å². The number of hydrogen-bond acceptors (Lipinski definition) is 2. The van der Waals surface area contributed by atoms with Gasteiger partial charge in [0.15, 0.2) is 0 Å². The van der Waals surface area contributed by atoms with Gasteiger partial charge in [-0.05, 0) is 30.4 Å². The number of carbonyl (C=O) groups excluding carboxylic acids is 1. The van der Waals surface area contributed by atoms with Crippen molar-refractivity contribution in [3.63, 3.8) is 0 Å². The van der Waals surface area contributed by atoms with E-state index in [-0.39, 0.29) is 18.3 Å². The van der Waals surface area contributed by atoms with Crippen LogP contribution in [0.1, 0.15) is 24.0 Å². The first-order valence-corrected chi connectivity index (χ1v) is 5.82. The monoisotopic (exact) mass is 252 g/mol. The lowest BCUT2D eigenvalue weighted by Crippen LogP contribution is -2.40. The quantitative estimate of drug-likeness (QED) is 0.831. The molecule has 4 heteroatoms. The molecule has 1 aromatic carbocycles. The average Bonchev–Trinajstić information content (AvgIpc) is 2.79.